The number of nitrogens with zero attached hydrogens (tertiary/aromatic N) is 1. The summed E-state index contributed by atoms with van der Waals surface area (Å²) in [6.07, 6.45) is 1.87. The number of piperazine rings is 1. The number of halogens is 3. The summed E-state index contributed by atoms with van der Waals surface area (Å²) in [7, 11) is 0. The molecule has 0 spiro atoms. The molecule has 1 heterocycles. The fraction of sp³-hybridized carbons (Fsp3) is 0.571. The molecule has 106 valence electrons. The van der Waals surface area contributed by atoms with Gasteiger partial charge in [0.25, 0.3) is 0 Å². The first-order valence-electron chi connectivity index (χ1n) is 6.73. The van der Waals surface area contributed by atoms with E-state index in [-0.39, 0.29) is 16.9 Å². The van der Waals surface area contributed by atoms with Crippen LogP contribution in [-0.4, -0.2) is 31.1 Å². The molecule has 0 unspecified atom stereocenters. The molecule has 1 aromatic rings. The Morgan fingerprint density at radius 1 is 1.26 bits per heavy atom. The molecule has 2 nitrogen and oxygen atoms in total. The summed E-state index contributed by atoms with van der Waals surface area (Å²) >= 11 is 12.1. The zero-order valence-electron chi connectivity index (χ0n) is 11.1. The highest BCUT2D eigenvalue weighted by atomic mass is 35.5. The lowest BCUT2D eigenvalue weighted by molar-refractivity contribution is 0.161. The Labute approximate surface area is 123 Å². The van der Waals surface area contributed by atoms with E-state index in [2.05, 4.69) is 17.1 Å². The van der Waals surface area contributed by atoms with E-state index in [4.69, 9.17) is 23.2 Å². The highest BCUT2D eigenvalue weighted by molar-refractivity contribution is 6.33. The third kappa shape index (κ3) is 3.40. The molecule has 1 aliphatic heterocycles. The first-order valence-corrected chi connectivity index (χ1v) is 7.49. The Balaban J connectivity index is 2.35. The van der Waals surface area contributed by atoms with Crippen molar-refractivity contribution < 1.29 is 4.39 Å². The highest BCUT2D eigenvalue weighted by Gasteiger charge is 2.27. The van der Waals surface area contributed by atoms with Crippen LogP contribution in [0.1, 0.15) is 31.4 Å². The lowest BCUT2D eigenvalue weighted by atomic mass is 9.99. The summed E-state index contributed by atoms with van der Waals surface area (Å²) in [6, 6.07) is 3.22. The van der Waals surface area contributed by atoms with Crippen molar-refractivity contribution in [1.29, 1.82) is 0 Å². The number of hydrogen-bond acceptors (Lipinski definition) is 2. The van der Waals surface area contributed by atoms with Gasteiger partial charge in [0.1, 0.15) is 5.82 Å². The second-order valence-electron chi connectivity index (χ2n) is 4.85. The zero-order chi connectivity index (χ0) is 13.8. The maximum atomic E-state index is 14.3. The highest BCUT2D eigenvalue weighted by Crippen LogP contribution is 2.36. The van der Waals surface area contributed by atoms with Crippen LogP contribution in [0, 0.1) is 5.82 Å². The quantitative estimate of drug-likeness (QED) is 0.849. The van der Waals surface area contributed by atoms with E-state index in [1.807, 2.05) is 0 Å². The minimum atomic E-state index is -0.369. The van der Waals surface area contributed by atoms with Gasteiger partial charge in [0.05, 0.1) is 5.02 Å². The fourth-order valence-electron chi connectivity index (χ4n) is 2.62. The summed E-state index contributed by atoms with van der Waals surface area (Å²) in [5.41, 5.74) is 0.554. The van der Waals surface area contributed by atoms with E-state index < -0.39 is 0 Å². The lowest BCUT2D eigenvalue weighted by Gasteiger charge is -2.35. The van der Waals surface area contributed by atoms with Gasteiger partial charge in [-0.3, -0.25) is 4.90 Å². The van der Waals surface area contributed by atoms with E-state index >= 15 is 0 Å². The molecule has 1 fully saturated rings. The third-order valence-corrected chi connectivity index (χ3v) is 4.19. The van der Waals surface area contributed by atoms with Crippen molar-refractivity contribution in [3.05, 3.63) is 33.6 Å². The molecule has 1 atom stereocenters. The van der Waals surface area contributed by atoms with E-state index in [0.717, 1.165) is 39.0 Å². The molecule has 19 heavy (non-hydrogen) atoms. The van der Waals surface area contributed by atoms with Crippen LogP contribution in [-0.2, 0) is 0 Å². The first-order chi connectivity index (χ1) is 9.15. The van der Waals surface area contributed by atoms with E-state index in [1.165, 1.54) is 6.07 Å². The Morgan fingerprint density at radius 2 is 1.89 bits per heavy atom. The molecular weight excluding hydrogens is 286 g/mol. The molecule has 5 heteroatoms. The average Bonchev–Trinajstić information content (AvgIpc) is 2.43. The van der Waals surface area contributed by atoms with Crippen molar-refractivity contribution >= 4 is 23.2 Å². The number of benzene rings is 1. The van der Waals surface area contributed by atoms with E-state index in [0.29, 0.717) is 10.6 Å². The first kappa shape index (κ1) is 15.0. The molecule has 0 bridgehead atoms. The molecule has 0 radical (unpaired) electrons. The van der Waals surface area contributed by atoms with Gasteiger partial charge in [-0.2, -0.15) is 0 Å². The summed E-state index contributed by atoms with van der Waals surface area (Å²) in [5, 5.41) is 3.93. The molecule has 1 saturated heterocycles. The molecule has 0 saturated carbocycles. The van der Waals surface area contributed by atoms with E-state index in [1.54, 1.807) is 6.07 Å². The van der Waals surface area contributed by atoms with Crippen LogP contribution < -0.4 is 5.32 Å². The molecule has 2 rings (SSSR count). The van der Waals surface area contributed by atoms with Gasteiger partial charge in [-0.15, -0.1) is 0 Å². The van der Waals surface area contributed by atoms with Gasteiger partial charge in [0.15, 0.2) is 0 Å². The lowest BCUT2D eigenvalue weighted by Crippen LogP contribution is -2.45. The van der Waals surface area contributed by atoms with Gasteiger partial charge < -0.3 is 5.32 Å². The summed E-state index contributed by atoms with van der Waals surface area (Å²) in [6.45, 7) is 5.78. The Kier molecular flexibility index (Phi) is 5.46. The average molecular weight is 305 g/mol. The maximum Gasteiger partial charge on any atom is 0.148 e. The number of nitrogens with one attached hydrogen (secondary N) is 1. The summed E-state index contributed by atoms with van der Waals surface area (Å²) in [5.74, 6) is -0.369. The van der Waals surface area contributed by atoms with Gasteiger partial charge in [0.2, 0.25) is 0 Å². The predicted molar refractivity (Wildman–Crippen MR) is 78.5 cm³/mol. The van der Waals surface area contributed by atoms with Gasteiger partial charge in [-0.25, -0.2) is 4.39 Å². The van der Waals surface area contributed by atoms with Crippen LogP contribution >= 0.6 is 23.2 Å². The Bertz CT molecular complexity index is 434. The van der Waals surface area contributed by atoms with Crippen LogP contribution in [0.15, 0.2) is 12.1 Å². The third-order valence-electron chi connectivity index (χ3n) is 3.57. The van der Waals surface area contributed by atoms with Gasteiger partial charge in [0, 0.05) is 42.8 Å². The molecular formula is C14H19Cl2FN2. The second kappa shape index (κ2) is 6.89. The Morgan fingerprint density at radius 3 is 2.53 bits per heavy atom. The van der Waals surface area contributed by atoms with Gasteiger partial charge >= 0.3 is 0 Å². The molecule has 1 aromatic carbocycles. The zero-order valence-corrected chi connectivity index (χ0v) is 12.6. The standard InChI is InChI=1S/C14H19Cl2FN2/c1-2-3-12(19-8-6-18-7-9-19)13-10(15)4-5-11(16)14(13)17/h4-5,12,18H,2-3,6-9H2,1H3/t12-/m1/s1. The van der Waals surface area contributed by atoms with Crippen molar-refractivity contribution in [2.45, 2.75) is 25.8 Å². The smallest absolute Gasteiger partial charge is 0.148 e. The molecule has 0 aliphatic carbocycles. The molecule has 1 N–H and O–H groups in total. The SMILES string of the molecule is CCC[C@H](c1c(Cl)ccc(Cl)c1F)N1CCNCC1. The summed E-state index contributed by atoms with van der Waals surface area (Å²) in [4.78, 5) is 2.29. The van der Waals surface area contributed by atoms with Crippen LogP contribution in [0.2, 0.25) is 10.0 Å². The fourth-order valence-corrected chi connectivity index (χ4v) is 3.06. The summed E-state index contributed by atoms with van der Waals surface area (Å²) < 4.78 is 14.3. The number of rotatable bonds is 4. The predicted octanol–water partition coefficient (Wildman–Crippen LogP) is 3.88. The van der Waals surface area contributed by atoms with Crippen LogP contribution in [0.5, 0.6) is 0 Å². The van der Waals surface area contributed by atoms with Gasteiger partial charge in [-0.1, -0.05) is 36.5 Å². The minimum Gasteiger partial charge on any atom is -0.314 e. The van der Waals surface area contributed by atoms with E-state index in [9.17, 15) is 4.39 Å². The van der Waals surface area contributed by atoms with Crippen LogP contribution in [0.3, 0.4) is 0 Å². The van der Waals surface area contributed by atoms with Crippen molar-refractivity contribution in [1.82, 2.24) is 10.2 Å². The van der Waals surface area contributed by atoms with Crippen molar-refractivity contribution in [3.8, 4) is 0 Å². The minimum absolute atomic E-state index is 0.0123. The van der Waals surface area contributed by atoms with Crippen LogP contribution in [0.25, 0.3) is 0 Å². The number of hydrogen-bond donors (Lipinski definition) is 1. The molecule has 1 aliphatic rings. The van der Waals surface area contributed by atoms with Crippen molar-refractivity contribution in [2.24, 2.45) is 0 Å². The normalized spacial score (nSPS) is 18.5. The second-order valence-corrected chi connectivity index (χ2v) is 5.66. The van der Waals surface area contributed by atoms with Crippen molar-refractivity contribution in [3.63, 3.8) is 0 Å². The maximum absolute atomic E-state index is 14.3. The molecule has 0 aromatic heterocycles. The largest absolute Gasteiger partial charge is 0.314 e. The monoisotopic (exact) mass is 304 g/mol. The Hall–Kier alpha value is -0.350. The van der Waals surface area contributed by atoms with Crippen molar-refractivity contribution in [2.75, 3.05) is 26.2 Å². The molecule has 0 amide bonds. The topological polar surface area (TPSA) is 15.3 Å². The van der Waals surface area contributed by atoms with Gasteiger partial charge in [-0.05, 0) is 18.6 Å². The van der Waals surface area contributed by atoms with Crippen LogP contribution in [0.4, 0.5) is 4.39 Å².